The van der Waals surface area contributed by atoms with E-state index in [1.165, 1.54) is 0 Å². The van der Waals surface area contributed by atoms with E-state index in [2.05, 4.69) is 234 Å². The quantitative estimate of drug-likeness (QED) is 0.139. The number of nitrogens with zero attached hydrogens (tertiary/aromatic N) is 4. The van der Waals surface area contributed by atoms with E-state index in [1.54, 1.807) is 0 Å². The molecular weight excluding hydrogens is 729 g/mol. The van der Waals surface area contributed by atoms with Crippen molar-refractivity contribution in [2.75, 3.05) is 9.80 Å². The summed E-state index contributed by atoms with van der Waals surface area (Å²) in [5.41, 5.74) is 16.2. The van der Waals surface area contributed by atoms with E-state index >= 15 is 0 Å². The van der Waals surface area contributed by atoms with Gasteiger partial charge in [-0.2, -0.15) is 0 Å². The maximum absolute atomic E-state index is 5.57. The molecule has 0 radical (unpaired) electrons. The second-order valence-corrected chi connectivity index (χ2v) is 14.6. The van der Waals surface area contributed by atoms with E-state index in [1.807, 2.05) is 18.2 Å². The first kappa shape index (κ1) is 36.3. The second kappa shape index (κ2) is 16.4. The molecule has 1 heterocycles. The van der Waals surface area contributed by atoms with Gasteiger partial charge < -0.3 is 9.80 Å². The smallest absolute Gasteiger partial charge is 0.0979 e. The van der Waals surface area contributed by atoms with Crippen LogP contribution in [0.2, 0.25) is 0 Å². The average molecular weight is 769 g/mol. The minimum atomic E-state index is 0.833. The Bertz CT molecular complexity index is 2940. The van der Waals surface area contributed by atoms with Gasteiger partial charge in [0.05, 0.1) is 22.4 Å². The van der Waals surface area contributed by atoms with Gasteiger partial charge in [0.1, 0.15) is 0 Å². The molecule has 10 rings (SSSR count). The van der Waals surface area contributed by atoms with Gasteiger partial charge in [-0.05, 0) is 83.9 Å². The second-order valence-electron chi connectivity index (χ2n) is 14.6. The molecule has 9 aromatic carbocycles. The van der Waals surface area contributed by atoms with Crippen molar-refractivity contribution in [2.24, 2.45) is 0 Å². The maximum Gasteiger partial charge on any atom is 0.0979 e. The number of aromatic nitrogens is 2. The molecule has 0 aliphatic rings. The lowest BCUT2D eigenvalue weighted by atomic mass is 9.96. The number of hydrogen-bond donors (Lipinski definition) is 0. The molecule has 0 bridgehead atoms. The molecule has 0 fully saturated rings. The van der Waals surface area contributed by atoms with E-state index < -0.39 is 0 Å². The zero-order valence-electron chi connectivity index (χ0n) is 32.9. The number of fused-ring (bicyclic) bond motifs is 1. The van der Waals surface area contributed by atoms with Gasteiger partial charge in [0.25, 0.3) is 0 Å². The Labute approximate surface area is 351 Å². The van der Waals surface area contributed by atoms with E-state index in [9.17, 15) is 0 Å². The number of hydrogen-bond acceptors (Lipinski definition) is 4. The van der Waals surface area contributed by atoms with Crippen LogP contribution >= 0.6 is 0 Å². The summed E-state index contributed by atoms with van der Waals surface area (Å²) < 4.78 is 0. The van der Waals surface area contributed by atoms with E-state index in [-0.39, 0.29) is 0 Å². The van der Waals surface area contributed by atoms with E-state index in [4.69, 9.17) is 9.97 Å². The summed E-state index contributed by atoms with van der Waals surface area (Å²) in [7, 11) is 0. The highest BCUT2D eigenvalue weighted by Crippen LogP contribution is 2.42. The Hall–Kier alpha value is -8.08. The van der Waals surface area contributed by atoms with Crippen molar-refractivity contribution in [2.45, 2.75) is 0 Å². The fourth-order valence-electron chi connectivity index (χ4n) is 7.98. The minimum absolute atomic E-state index is 0.833. The van der Waals surface area contributed by atoms with Crippen LogP contribution in [0, 0.1) is 0 Å². The number of benzene rings is 9. The van der Waals surface area contributed by atoms with Crippen molar-refractivity contribution in [1.82, 2.24) is 9.97 Å². The standard InChI is InChI=1S/C56H40N4/c1-7-19-41(20-8-1)51-39-40-52(42-21-9-2-10-22-42)56-55(51)57-53(43-23-11-3-12-24-43)54(58-56)44-31-33-48(34-32-44)60(47-29-17-6-18-30-47)50-37-35-49(36-38-50)59(45-25-13-4-14-26-45)46-27-15-5-16-28-46/h1-40H. The normalized spacial score (nSPS) is 11.0. The first-order valence-electron chi connectivity index (χ1n) is 20.3. The molecule has 0 amide bonds. The summed E-state index contributed by atoms with van der Waals surface area (Å²) in [5, 5.41) is 0. The van der Waals surface area contributed by atoms with Crippen LogP contribution in [0.3, 0.4) is 0 Å². The van der Waals surface area contributed by atoms with Gasteiger partial charge in [0.2, 0.25) is 0 Å². The van der Waals surface area contributed by atoms with Crippen LogP contribution in [0.5, 0.6) is 0 Å². The molecule has 0 atom stereocenters. The number of anilines is 6. The predicted molar refractivity (Wildman–Crippen MR) is 251 cm³/mol. The molecule has 10 aromatic rings. The van der Waals surface area contributed by atoms with E-state index in [0.29, 0.717) is 0 Å². The van der Waals surface area contributed by atoms with Crippen LogP contribution in [-0.4, -0.2) is 9.97 Å². The van der Waals surface area contributed by atoms with Gasteiger partial charge in [0.15, 0.2) is 0 Å². The summed E-state index contributed by atoms with van der Waals surface area (Å²) in [6, 6.07) is 84.8. The van der Waals surface area contributed by atoms with Crippen LogP contribution < -0.4 is 9.80 Å². The Kier molecular flexibility index (Phi) is 9.92. The van der Waals surface area contributed by atoms with Gasteiger partial charge in [-0.3, -0.25) is 0 Å². The van der Waals surface area contributed by atoms with Crippen molar-refractivity contribution >= 4 is 45.2 Å². The molecule has 60 heavy (non-hydrogen) atoms. The Morgan fingerprint density at radius 1 is 0.217 bits per heavy atom. The third-order valence-electron chi connectivity index (χ3n) is 10.8. The molecule has 0 N–H and O–H groups in total. The molecule has 1 aromatic heterocycles. The van der Waals surface area contributed by atoms with Crippen LogP contribution in [0.15, 0.2) is 243 Å². The van der Waals surface area contributed by atoms with Crippen molar-refractivity contribution < 1.29 is 0 Å². The lowest BCUT2D eigenvalue weighted by Crippen LogP contribution is -2.12. The predicted octanol–water partition coefficient (Wildman–Crippen LogP) is 15.2. The van der Waals surface area contributed by atoms with Crippen molar-refractivity contribution in [3.63, 3.8) is 0 Å². The average Bonchev–Trinajstić information content (AvgIpc) is 3.33. The third-order valence-corrected chi connectivity index (χ3v) is 10.8. The largest absolute Gasteiger partial charge is 0.311 e. The minimum Gasteiger partial charge on any atom is -0.311 e. The summed E-state index contributed by atoms with van der Waals surface area (Å²) in [5.74, 6) is 0. The van der Waals surface area contributed by atoms with Crippen LogP contribution in [0.4, 0.5) is 34.1 Å². The topological polar surface area (TPSA) is 32.3 Å². The van der Waals surface area contributed by atoms with Gasteiger partial charge in [-0.15, -0.1) is 0 Å². The van der Waals surface area contributed by atoms with Crippen molar-refractivity contribution in [3.05, 3.63) is 243 Å². The molecule has 0 aliphatic carbocycles. The summed E-state index contributed by atoms with van der Waals surface area (Å²) in [6.07, 6.45) is 0. The molecule has 284 valence electrons. The first-order valence-corrected chi connectivity index (χ1v) is 20.3. The first-order chi connectivity index (χ1) is 29.8. The Morgan fingerprint density at radius 2 is 0.467 bits per heavy atom. The fourth-order valence-corrected chi connectivity index (χ4v) is 7.98. The Balaban J connectivity index is 1.09. The molecule has 0 aliphatic heterocycles. The fraction of sp³-hybridized carbons (Fsp3) is 0. The van der Waals surface area contributed by atoms with Crippen LogP contribution in [-0.2, 0) is 0 Å². The number of para-hydroxylation sites is 3. The zero-order chi connectivity index (χ0) is 40.1. The Morgan fingerprint density at radius 3 is 0.800 bits per heavy atom. The van der Waals surface area contributed by atoms with Gasteiger partial charge in [-0.1, -0.05) is 170 Å². The summed E-state index contributed by atoms with van der Waals surface area (Å²) in [6.45, 7) is 0. The zero-order valence-corrected chi connectivity index (χ0v) is 32.9. The van der Waals surface area contributed by atoms with E-state index in [0.717, 1.165) is 89.9 Å². The molecule has 0 saturated carbocycles. The highest BCUT2D eigenvalue weighted by Gasteiger charge is 2.20. The molecule has 0 spiro atoms. The van der Waals surface area contributed by atoms with Crippen LogP contribution in [0.1, 0.15) is 0 Å². The SMILES string of the molecule is c1ccc(-c2nc3c(-c4ccccc4)ccc(-c4ccccc4)c3nc2-c2ccc(N(c3ccccc3)c3ccc(N(c4ccccc4)c4ccccc4)cc3)cc2)cc1. The maximum atomic E-state index is 5.57. The van der Waals surface area contributed by atoms with Gasteiger partial charge in [-0.25, -0.2) is 9.97 Å². The highest BCUT2D eigenvalue weighted by molar-refractivity contribution is 6.03. The molecule has 4 heteroatoms. The van der Waals surface area contributed by atoms with Crippen molar-refractivity contribution in [3.8, 4) is 44.8 Å². The monoisotopic (exact) mass is 768 g/mol. The lowest BCUT2D eigenvalue weighted by molar-refractivity contribution is 1.25. The number of rotatable bonds is 10. The molecule has 0 unspecified atom stereocenters. The van der Waals surface area contributed by atoms with Crippen LogP contribution in [0.25, 0.3) is 55.8 Å². The summed E-state index contributed by atoms with van der Waals surface area (Å²) in [4.78, 5) is 15.7. The molecular formula is C56H40N4. The summed E-state index contributed by atoms with van der Waals surface area (Å²) >= 11 is 0. The van der Waals surface area contributed by atoms with Crippen molar-refractivity contribution in [1.29, 1.82) is 0 Å². The molecule has 4 nitrogen and oxygen atoms in total. The lowest BCUT2D eigenvalue weighted by Gasteiger charge is -2.28. The third kappa shape index (κ3) is 7.19. The molecule has 0 saturated heterocycles. The van der Waals surface area contributed by atoms with Gasteiger partial charge in [0, 0.05) is 56.4 Å². The highest BCUT2D eigenvalue weighted by atomic mass is 15.2. The van der Waals surface area contributed by atoms with Gasteiger partial charge >= 0.3 is 0 Å².